The maximum absolute atomic E-state index is 11.4. The fourth-order valence-corrected chi connectivity index (χ4v) is 4.08. The molecule has 25 heavy (non-hydrogen) atoms. The van der Waals surface area contributed by atoms with Gasteiger partial charge in [-0.1, -0.05) is 13.5 Å². The lowest BCUT2D eigenvalue weighted by Gasteiger charge is -2.48. The topological polar surface area (TPSA) is 156 Å². The normalized spacial score (nSPS) is 36.3. The Morgan fingerprint density at radius 3 is 2.84 bits per heavy atom. The fraction of sp³-hybridized carbons (Fsp3) is 0.643. The maximum atomic E-state index is 11.4. The molecule has 3 heterocycles. The van der Waals surface area contributed by atoms with Crippen LogP contribution in [0, 0.1) is 5.92 Å². The van der Waals surface area contributed by atoms with Gasteiger partial charge < -0.3 is 31.2 Å². The van der Waals surface area contributed by atoms with Crippen molar-refractivity contribution in [1.29, 1.82) is 0 Å². The number of rotatable bonds is 3. The number of carbonyl (C=O) groups excluding carboxylic acids is 2. The SMILES string of the molecule is C=C1NC2[C@H](COC(N)=O)N=C(N)N3CC(OC(C)=O)C(C)C23N1O. The number of amides is 1. The van der Waals surface area contributed by atoms with Gasteiger partial charge in [-0.15, -0.1) is 0 Å². The second-order valence-electron chi connectivity index (χ2n) is 6.40. The minimum atomic E-state index is -1.07. The molecule has 0 aromatic carbocycles. The van der Waals surface area contributed by atoms with Crippen LogP contribution in [0.3, 0.4) is 0 Å². The summed E-state index contributed by atoms with van der Waals surface area (Å²) in [5, 5.41) is 14.8. The van der Waals surface area contributed by atoms with E-state index in [1.54, 1.807) is 4.90 Å². The number of hydrogen-bond donors (Lipinski definition) is 4. The highest BCUT2D eigenvalue weighted by molar-refractivity contribution is 5.81. The average Bonchev–Trinajstić information content (AvgIpc) is 2.95. The molecule has 1 amide bonds. The Morgan fingerprint density at radius 2 is 2.24 bits per heavy atom. The summed E-state index contributed by atoms with van der Waals surface area (Å²) in [4.78, 5) is 28.4. The van der Waals surface area contributed by atoms with E-state index >= 15 is 0 Å². The van der Waals surface area contributed by atoms with Crippen molar-refractivity contribution in [2.45, 2.75) is 37.7 Å². The van der Waals surface area contributed by atoms with Crippen LogP contribution >= 0.6 is 0 Å². The molecule has 3 rings (SSSR count). The lowest BCUT2D eigenvalue weighted by atomic mass is 9.83. The molecule has 2 fully saturated rings. The molecule has 11 heteroatoms. The number of nitrogens with one attached hydrogen (secondary N) is 1. The number of ether oxygens (including phenoxy) is 2. The number of guanidine groups is 1. The van der Waals surface area contributed by atoms with E-state index in [-0.39, 0.29) is 30.9 Å². The third kappa shape index (κ3) is 2.34. The highest BCUT2D eigenvalue weighted by Crippen LogP contribution is 2.48. The summed E-state index contributed by atoms with van der Waals surface area (Å²) in [6.07, 6.45) is -1.44. The first-order valence-electron chi connectivity index (χ1n) is 7.84. The predicted octanol–water partition coefficient (Wildman–Crippen LogP) is -1.51. The molecular weight excluding hydrogens is 332 g/mol. The summed E-state index contributed by atoms with van der Waals surface area (Å²) in [5.74, 6) is -0.378. The molecule has 0 aromatic heterocycles. The number of nitrogens with two attached hydrogens (primary N) is 2. The van der Waals surface area contributed by atoms with Crippen LogP contribution in [0.2, 0.25) is 0 Å². The van der Waals surface area contributed by atoms with E-state index in [0.717, 1.165) is 5.06 Å². The predicted molar refractivity (Wildman–Crippen MR) is 84.8 cm³/mol. The van der Waals surface area contributed by atoms with E-state index in [1.165, 1.54) is 6.92 Å². The Balaban J connectivity index is 2.01. The number of primary amides is 1. The van der Waals surface area contributed by atoms with Gasteiger partial charge in [0, 0.05) is 12.8 Å². The van der Waals surface area contributed by atoms with E-state index in [1.807, 2.05) is 6.92 Å². The lowest BCUT2D eigenvalue weighted by molar-refractivity contribution is -0.189. The van der Waals surface area contributed by atoms with E-state index in [2.05, 4.69) is 16.9 Å². The number of hydrogen-bond acceptors (Lipinski definition) is 10. The minimum Gasteiger partial charge on any atom is -0.460 e. The standard InChI is InChI=1S/C14H22N6O5/c1-6-10(25-8(3)21)4-19-12(15)18-9(5-24-13(16)22)11-14(6,19)20(23)7(2)17-11/h6,9-11,17,23H,2,4-5H2,1,3H3,(H2,15,18)(H2,16,22)/t6?,9-,10?,11?,14?/m0/s1. The zero-order valence-corrected chi connectivity index (χ0v) is 14.0. The number of nitrogens with zero attached hydrogens (tertiary/aromatic N) is 3. The molecule has 11 nitrogen and oxygen atoms in total. The molecule has 3 aliphatic rings. The molecule has 0 bridgehead atoms. The van der Waals surface area contributed by atoms with Crippen LogP contribution in [0.25, 0.3) is 0 Å². The van der Waals surface area contributed by atoms with Crippen LogP contribution in [0.4, 0.5) is 4.79 Å². The third-order valence-corrected chi connectivity index (χ3v) is 5.07. The zero-order valence-electron chi connectivity index (χ0n) is 14.0. The summed E-state index contributed by atoms with van der Waals surface area (Å²) in [7, 11) is 0. The highest BCUT2D eigenvalue weighted by Gasteiger charge is 2.68. The average molecular weight is 354 g/mol. The Hall–Kier alpha value is -2.69. The Labute approximate surface area is 144 Å². The number of hydroxylamine groups is 2. The molecule has 3 aliphatic heterocycles. The molecule has 0 saturated carbocycles. The fourth-order valence-electron chi connectivity index (χ4n) is 4.08. The summed E-state index contributed by atoms with van der Waals surface area (Å²) in [5.41, 5.74) is 10.1. The van der Waals surface area contributed by atoms with Crippen LogP contribution in [0.1, 0.15) is 13.8 Å². The quantitative estimate of drug-likeness (QED) is 0.443. The Bertz CT molecular complexity index is 654. The molecule has 5 atom stereocenters. The molecule has 138 valence electrons. The Morgan fingerprint density at radius 1 is 1.56 bits per heavy atom. The van der Waals surface area contributed by atoms with Gasteiger partial charge in [-0.05, 0) is 0 Å². The van der Waals surface area contributed by atoms with Gasteiger partial charge in [0.25, 0.3) is 0 Å². The van der Waals surface area contributed by atoms with Crippen molar-refractivity contribution in [2.24, 2.45) is 22.4 Å². The molecule has 1 spiro atoms. The highest BCUT2D eigenvalue weighted by atomic mass is 16.6. The van der Waals surface area contributed by atoms with E-state index in [4.69, 9.17) is 20.9 Å². The van der Waals surface area contributed by atoms with Gasteiger partial charge in [0.2, 0.25) is 0 Å². The first kappa shape index (κ1) is 17.1. The third-order valence-electron chi connectivity index (χ3n) is 5.07. The maximum Gasteiger partial charge on any atom is 0.404 e. The van der Waals surface area contributed by atoms with Crippen molar-refractivity contribution in [1.82, 2.24) is 15.3 Å². The molecule has 6 N–H and O–H groups in total. The van der Waals surface area contributed by atoms with Crippen LogP contribution in [-0.4, -0.2) is 70.2 Å². The summed E-state index contributed by atoms with van der Waals surface area (Å²) >= 11 is 0. The van der Waals surface area contributed by atoms with Gasteiger partial charge in [0.05, 0.1) is 12.6 Å². The van der Waals surface area contributed by atoms with Crippen molar-refractivity contribution >= 4 is 18.0 Å². The molecule has 0 aromatic rings. The van der Waals surface area contributed by atoms with Crippen molar-refractivity contribution in [2.75, 3.05) is 13.2 Å². The second kappa shape index (κ2) is 5.69. The van der Waals surface area contributed by atoms with Crippen molar-refractivity contribution in [3.05, 3.63) is 12.4 Å². The van der Waals surface area contributed by atoms with Gasteiger partial charge in [0.15, 0.2) is 11.6 Å². The van der Waals surface area contributed by atoms with Crippen molar-refractivity contribution in [3.63, 3.8) is 0 Å². The zero-order chi connectivity index (χ0) is 18.5. The van der Waals surface area contributed by atoms with Gasteiger partial charge in [-0.3, -0.25) is 10.0 Å². The van der Waals surface area contributed by atoms with Gasteiger partial charge in [0.1, 0.15) is 24.6 Å². The van der Waals surface area contributed by atoms with Crippen molar-refractivity contribution < 1.29 is 24.3 Å². The van der Waals surface area contributed by atoms with E-state index in [9.17, 15) is 14.8 Å². The van der Waals surface area contributed by atoms with Crippen LogP contribution in [0.15, 0.2) is 17.4 Å². The van der Waals surface area contributed by atoms with Crippen LogP contribution < -0.4 is 16.8 Å². The molecule has 2 saturated heterocycles. The molecular formula is C14H22N6O5. The first-order chi connectivity index (χ1) is 11.7. The van der Waals surface area contributed by atoms with Crippen LogP contribution in [-0.2, 0) is 14.3 Å². The molecule has 0 aliphatic carbocycles. The summed E-state index contributed by atoms with van der Waals surface area (Å²) in [6, 6.07) is -1.11. The lowest BCUT2D eigenvalue weighted by Crippen LogP contribution is -2.71. The van der Waals surface area contributed by atoms with Crippen molar-refractivity contribution in [3.8, 4) is 0 Å². The second-order valence-corrected chi connectivity index (χ2v) is 6.40. The number of aliphatic imine (C=N–C) groups is 1. The summed E-state index contributed by atoms with van der Waals surface area (Å²) in [6.45, 7) is 7.11. The van der Waals surface area contributed by atoms with Crippen LogP contribution in [0.5, 0.6) is 0 Å². The van der Waals surface area contributed by atoms with E-state index < -0.39 is 35.9 Å². The molecule has 4 unspecified atom stereocenters. The summed E-state index contributed by atoms with van der Waals surface area (Å²) < 4.78 is 10.3. The van der Waals surface area contributed by atoms with Gasteiger partial charge in [-0.2, -0.15) is 0 Å². The van der Waals surface area contributed by atoms with Gasteiger partial charge in [-0.25, -0.2) is 14.9 Å². The number of carbonyl (C=O) groups is 2. The first-order valence-corrected chi connectivity index (χ1v) is 7.84. The largest absolute Gasteiger partial charge is 0.460 e. The minimum absolute atomic E-state index is 0.116. The van der Waals surface area contributed by atoms with E-state index in [0.29, 0.717) is 0 Å². The smallest absolute Gasteiger partial charge is 0.404 e. The Kier molecular flexibility index (Phi) is 3.90. The molecule has 0 radical (unpaired) electrons. The monoisotopic (exact) mass is 354 g/mol. The number of esters is 1. The van der Waals surface area contributed by atoms with Gasteiger partial charge >= 0.3 is 12.1 Å².